The number of carbonyl (C=O) groups excluding carboxylic acids is 1. The van der Waals surface area contributed by atoms with Gasteiger partial charge in [-0.1, -0.05) is 31.0 Å². The molecule has 0 bridgehead atoms. The number of aromatic amines is 1. The molecule has 3 aromatic rings. The minimum Gasteiger partial charge on any atom is -0.507 e. The van der Waals surface area contributed by atoms with E-state index in [1.807, 2.05) is 0 Å². The fourth-order valence-corrected chi connectivity index (χ4v) is 5.11. The van der Waals surface area contributed by atoms with Crippen LogP contribution in [-0.2, 0) is 4.79 Å². The number of carboxylic acids is 1. The van der Waals surface area contributed by atoms with Gasteiger partial charge in [-0.05, 0) is 37.0 Å². The average molecular weight is 443 g/mol. The van der Waals surface area contributed by atoms with E-state index in [-0.39, 0.29) is 29.1 Å². The maximum Gasteiger partial charge on any atom is 0.339 e. The topological polar surface area (TPSA) is 167 Å². The lowest BCUT2D eigenvalue weighted by molar-refractivity contribution is -0.116. The number of hydrogen-bond donors (Lipinski definition) is 5. The molecule has 1 aromatic carbocycles. The molecule has 0 radical (unpaired) electrons. The number of H-pyrrole nitrogens is 1. The number of nitrogen functional groups attached to an aromatic ring is 1. The van der Waals surface area contributed by atoms with Gasteiger partial charge < -0.3 is 26.2 Å². The Labute approximate surface area is 181 Å². The van der Waals surface area contributed by atoms with Crippen molar-refractivity contribution in [3.8, 4) is 5.75 Å². The van der Waals surface area contributed by atoms with Gasteiger partial charge in [0.1, 0.15) is 21.9 Å². The Bertz CT molecular complexity index is 1130. The van der Waals surface area contributed by atoms with E-state index < -0.39 is 11.2 Å². The number of phenols is 1. The minimum absolute atomic E-state index is 0.0783. The number of nitrogens with two attached hydrogens (primary N) is 1. The highest BCUT2D eigenvalue weighted by Gasteiger charge is 2.32. The zero-order valence-corrected chi connectivity index (χ0v) is 17.4. The quantitative estimate of drug-likeness (QED) is 0.219. The highest BCUT2D eigenvalue weighted by atomic mass is 32.2. The van der Waals surface area contributed by atoms with Crippen molar-refractivity contribution in [3.63, 3.8) is 0 Å². The van der Waals surface area contributed by atoms with Crippen LogP contribution in [0.2, 0.25) is 0 Å². The highest BCUT2D eigenvalue weighted by Crippen LogP contribution is 2.38. The van der Waals surface area contributed by atoms with Gasteiger partial charge in [0.2, 0.25) is 11.9 Å². The zero-order chi connectivity index (χ0) is 22.0. The summed E-state index contributed by atoms with van der Waals surface area (Å²) in [6, 6.07) is 3.97. The van der Waals surface area contributed by atoms with Crippen molar-refractivity contribution >= 4 is 46.4 Å². The van der Waals surface area contributed by atoms with Crippen LogP contribution in [0.25, 0.3) is 11.2 Å². The first-order valence-corrected chi connectivity index (χ1v) is 10.8. The molecule has 1 fully saturated rings. The smallest absolute Gasteiger partial charge is 0.339 e. The van der Waals surface area contributed by atoms with Gasteiger partial charge in [0.05, 0.1) is 11.6 Å². The fraction of sp³-hybridized carbons (Fsp3) is 0.350. The van der Waals surface area contributed by atoms with Crippen LogP contribution < -0.4 is 11.1 Å². The molecule has 1 amide bonds. The van der Waals surface area contributed by atoms with Gasteiger partial charge in [0.25, 0.3) is 0 Å². The van der Waals surface area contributed by atoms with Gasteiger partial charge in [-0.15, -0.1) is 0 Å². The summed E-state index contributed by atoms with van der Waals surface area (Å²) < 4.78 is 0. The standard InChI is InChI=1S/C20H22N6O4S/c21-20-25-16-14(22-9-23-16)18(26-20)31-15(10-4-2-1-3-5-10)17(28)24-11-6-7-13(27)12(8-11)19(29)30/h6-10,15,27H,1-5H2,(H,24,28)(H,29,30)(H3,21,22,23,25,26)/t15-/m1/s1. The molecule has 1 saturated carbocycles. The molecule has 0 aliphatic heterocycles. The number of aromatic carboxylic acids is 1. The number of anilines is 2. The van der Waals surface area contributed by atoms with E-state index in [1.165, 1.54) is 36.3 Å². The Morgan fingerprint density at radius 2 is 2.00 bits per heavy atom. The van der Waals surface area contributed by atoms with Gasteiger partial charge in [0, 0.05) is 5.69 Å². The van der Waals surface area contributed by atoms with Crippen molar-refractivity contribution in [2.75, 3.05) is 11.1 Å². The Morgan fingerprint density at radius 1 is 1.23 bits per heavy atom. The Kier molecular flexibility index (Phi) is 5.94. The van der Waals surface area contributed by atoms with Crippen LogP contribution in [-0.4, -0.2) is 47.3 Å². The van der Waals surface area contributed by atoms with Gasteiger partial charge in [0.15, 0.2) is 5.65 Å². The number of aromatic hydroxyl groups is 1. The number of amides is 1. The first-order chi connectivity index (χ1) is 14.9. The SMILES string of the molecule is Nc1nc(S[C@@H](C(=O)Nc2ccc(O)c(C(=O)O)c2)C2CCCCC2)c2[nH]cnc2n1. The van der Waals surface area contributed by atoms with E-state index >= 15 is 0 Å². The lowest BCUT2D eigenvalue weighted by Gasteiger charge is -2.29. The van der Waals surface area contributed by atoms with Gasteiger partial charge >= 0.3 is 5.97 Å². The zero-order valence-electron chi connectivity index (χ0n) is 16.5. The highest BCUT2D eigenvalue weighted by molar-refractivity contribution is 8.00. The molecular formula is C20H22N6O4S. The third-order valence-corrected chi connectivity index (χ3v) is 6.71. The summed E-state index contributed by atoms with van der Waals surface area (Å²) >= 11 is 1.30. The van der Waals surface area contributed by atoms with Gasteiger partial charge in [-0.25, -0.2) is 14.8 Å². The predicted octanol–water partition coefficient (Wildman–Crippen LogP) is 3.02. The summed E-state index contributed by atoms with van der Waals surface area (Å²) in [6.07, 6.45) is 6.55. The first kappa shape index (κ1) is 20.9. The molecule has 0 spiro atoms. The third-order valence-electron chi connectivity index (χ3n) is 5.34. The molecule has 0 unspecified atom stereocenters. The number of nitrogens with zero attached hydrogens (tertiary/aromatic N) is 3. The average Bonchev–Trinajstić information content (AvgIpc) is 3.22. The van der Waals surface area contributed by atoms with Crippen molar-refractivity contribution in [2.24, 2.45) is 5.92 Å². The number of carbonyl (C=O) groups is 2. The maximum absolute atomic E-state index is 13.3. The van der Waals surface area contributed by atoms with Crippen molar-refractivity contribution < 1.29 is 19.8 Å². The number of hydrogen-bond acceptors (Lipinski definition) is 8. The molecule has 162 valence electrons. The van der Waals surface area contributed by atoms with Crippen LogP contribution in [0.15, 0.2) is 29.6 Å². The molecule has 11 heteroatoms. The number of carboxylic acid groups (broad SMARTS) is 1. The summed E-state index contributed by atoms with van der Waals surface area (Å²) in [5.74, 6) is -1.69. The van der Waals surface area contributed by atoms with Crippen LogP contribution in [0.4, 0.5) is 11.6 Å². The largest absolute Gasteiger partial charge is 0.507 e. The van der Waals surface area contributed by atoms with Crippen LogP contribution >= 0.6 is 11.8 Å². The van der Waals surface area contributed by atoms with Gasteiger partial charge in [-0.2, -0.15) is 4.98 Å². The molecule has 1 aliphatic carbocycles. The van der Waals surface area contributed by atoms with Gasteiger partial charge in [-0.3, -0.25) is 4.79 Å². The number of imidazole rings is 1. The van der Waals surface area contributed by atoms with Crippen molar-refractivity contribution in [1.82, 2.24) is 19.9 Å². The molecular weight excluding hydrogens is 420 g/mol. The number of thioether (sulfide) groups is 1. The number of aromatic nitrogens is 4. The molecule has 2 aromatic heterocycles. The van der Waals surface area contributed by atoms with Crippen LogP contribution in [0.5, 0.6) is 5.75 Å². The predicted molar refractivity (Wildman–Crippen MR) is 116 cm³/mol. The monoisotopic (exact) mass is 442 g/mol. The van der Waals surface area contributed by atoms with E-state index in [1.54, 1.807) is 0 Å². The number of rotatable bonds is 6. The lowest BCUT2D eigenvalue weighted by atomic mass is 9.86. The van der Waals surface area contributed by atoms with E-state index in [2.05, 4.69) is 25.3 Å². The Morgan fingerprint density at radius 3 is 2.74 bits per heavy atom. The number of nitrogens with one attached hydrogen (secondary N) is 2. The van der Waals surface area contributed by atoms with Crippen LogP contribution in [0, 0.1) is 5.92 Å². The Hall–Kier alpha value is -3.34. The van der Waals surface area contributed by atoms with E-state index in [9.17, 15) is 19.8 Å². The number of benzene rings is 1. The molecule has 1 atom stereocenters. The molecule has 6 N–H and O–H groups in total. The van der Waals surface area contributed by atoms with Crippen molar-refractivity contribution in [2.45, 2.75) is 42.4 Å². The van der Waals surface area contributed by atoms with Crippen LogP contribution in [0.1, 0.15) is 42.5 Å². The number of fused-ring (bicyclic) bond motifs is 1. The summed E-state index contributed by atoms with van der Waals surface area (Å²) in [5.41, 5.74) is 6.90. The van der Waals surface area contributed by atoms with Crippen molar-refractivity contribution in [1.29, 1.82) is 0 Å². The molecule has 2 heterocycles. The van der Waals surface area contributed by atoms with E-state index in [0.29, 0.717) is 21.9 Å². The molecule has 0 saturated heterocycles. The second kappa shape index (κ2) is 8.80. The van der Waals surface area contributed by atoms with E-state index in [0.717, 1.165) is 32.1 Å². The minimum atomic E-state index is -1.27. The normalized spacial score (nSPS) is 15.6. The first-order valence-electron chi connectivity index (χ1n) is 9.93. The van der Waals surface area contributed by atoms with Crippen molar-refractivity contribution in [3.05, 3.63) is 30.1 Å². The molecule has 4 rings (SSSR count). The summed E-state index contributed by atoms with van der Waals surface area (Å²) in [6.45, 7) is 0. The van der Waals surface area contributed by atoms with E-state index in [4.69, 9.17) is 5.73 Å². The maximum atomic E-state index is 13.3. The summed E-state index contributed by atoms with van der Waals surface area (Å²) in [7, 11) is 0. The molecule has 31 heavy (non-hydrogen) atoms. The molecule has 10 nitrogen and oxygen atoms in total. The second-order valence-corrected chi connectivity index (χ2v) is 8.58. The summed E-state index contributed by atoms with van der Waals surface area (Å²) in [5, 5.41) is 21.8. The Balaban J connectivity index is 1.63. The van der Waals surface area contributed by atoms with Crippen LogP contribution in [0.3, 0.4) is 0 Å². The summed E-state index contributed by atoms with van der Waals surface area (Å²) in [4.78, 5) is 40.1. The molecule has 1 aliphatic rings. The second-order valence-electron chi connectivity index (χ2n) is 7.45. The fourth-order valence-electron chi connectivity index (χ4n) is 3.83. The third kappa shape index (κ3) is 4.55. The lowest BCUT2D eigenvalue weighted by Crippen LogP contribution is -2.33.